The first-order valence-corrected chi connectivity index (χ1v) is 14.5. The fraction of sp³-hybridized carbons (Fsp3) is 0. The molecule has 3 heterocycles. The molecule has 3 nitrogen and oxygen atoms in total. The highest BCUT2D eigenvalue weighted by molar-refractivity contribution is 7.26. The molecule has 0 bridgehead atoms. The monoisotopic (exact) mass is 539 g/mol. The van der Waals surface area contributed by atoms with E-state index in [9.17, 15) is 5.26 Å². The largest absolute Gasteiger partial charge is 0.308 e. The summed E-state index contributed by atoms with van der Waals surface area (Å²) < 4.78 is 7.26. The van der Waals surface area contributed by atoms with E-state index >= 15 is 0 Å². The summed E-state index contributed by atoms with van der Waals surface area (Å²) in [5, 5.41) is 17.3. The molecular formula is C37H21N3S. The molecule has 0 spiro atoms. The van der Waals surface area contributed by atoms with E-state index in [1.807, 2.05) is 23.5 Å². The molecule has 9 aromatic rings. The number of hydrogen-bond acceptors (Lipinski definition) is 2. The van der Waals surface area contributed by atoms with E-state index < -0.39 is 0 Å². The first-order valence-electron chi connectivity index (χ1n) is 13.7. The van der Waals surface area contributed by atoms with Gasteiger partial charge in [0.05, 0.1) is 38.0 Å². The van der Waals surface area contributed by atoms with Crippen LogP contribution in [0.1, 0.15) is 5.56 Å². The second-order valence-corrected chi connectivity index (χ2v) is 11.5. The molecule has 6 aromatic carbocycles. The standard InChI is InChI=1S/C37H21N3S/c38-22-23-9-7-13-28-25-10-1-4-15-31(25)39(36(23)28)24-19-20-33-30(21-24)26-11-2-5-16-32(26)40(33)34-17-8-14-29-27-12-3-6-18-35(27)41-37(29)34/h1-21H. The molecule has 4 heteroatoms. The quantitative estimate of drug-likeness (QED) is 0.215. The third-order valence-corrected chi connectivity index (χ3v) is 9.56. The van der Waals surface area contributed by atoms with Crippen LogP contribution in [0.5, 0.6) is 0 Å². The van der Waals surface area contributed by atoms with Gasteiger partial charge in [-0.1, -0.05) is 78.9 Å². The van der Waals surface area contributed by atoms with Crippen LogP contribution in [0.25, 0.3) is 75.2 Å². The second kappa shape index (κ2) is 8.32. The maximum atomic E-state index is 10.0. The Balaban J connectivity index is 1.39. The summed E-state index contributed by atoms with van der Waals surface area (Å²) in [6, 6.07) is 47.6. The molecule has 0 saturated carbocycles. The maximum absolute atomic E-state index is 10.0. The van der Waals surface area contributed by atoms with Gasteiger partial charge in [0.2, 0.25) is 0 Å². The van der Waals surface area contributed by atoms with Crippen molar-refractivity contribution in [3.8, 4) is 17.4 Å². The van der Waals surface area contributed by atoms with Gasteiger partial charge < -0.3 is 9.13 Å². The lowest BCUT2D eigenvalue weighted by Gasteiger charge is -2.11. The predicted molar refractivity (Wildman–Crippen MR) is 173 cm³/mol. The molecule has 0 aliphatic carbocycles. The number of nitrogens with zero attached hydrogens (tertiary/aromatic N) is 3. The number of rotatable bonds is 2. The summed E-state index contributed by atoms with van der Waals surface area (Å²) in [4.78, 5) is 0. The third-order valence-electron chi connectivity index (χ3n) is 8.35. The fourth-order valence-electron chi connectivity index (χ4n) is 6.64. The van der Waals surface area contributed by atoms with Gasteiger partial charge in [0.1, 0.15) is 6.07 Å². The third kappa shape index (κ3) is 3.01. The van der Waals surface area contributed by atoms with Gasteiger partial charge in [-0.3, -0.25) is 0 Å². The molecule has 0 atom stereocenters. The molecule has 0 fully saturated rings. The topological polar surface area (TPSA) is 33.6 Å². The van der Waals surface area contributed by atoms with Crippen molar-refractivity contribution in [2.24, 2.45) is 0 Å². The van der Waals surface area contributed by atoms with Gasteiger partial charge >= 0.3 is 0 Å². The van der Waals surface area contributed by atoms with Crippen molar-refractivity contribution in [3.05, 3.63) is 133 Å². The lowest BCUT2D eigenvalue weighted by atomic mass is 10.1. The summed E-state index contributed by atoms with van der Waals surface area (Å²) in [6.07, 6.45) is 0. The summed E-state index contributed by atoms with van der Waals surface area (Å²) in [5.41, 5.74) is 7.33. The number of fused-ring (bicyclic) bond motifs is 9. The summed E-state index contributed by atoms with van der Waals surface area (Å²) in [7, 11) is 0. The van der Waals surface area contributed by atoms with Gasteiger partial charge in [-0.05, 0) is 48.5 Å². The molecule has 41 heavy (non-hydrogen) atoms. The molecule has 0 saturated heterocycles. The summed E-state index contributed by atoms with van der Waals surface area (Å²) in [5.74, 6) is 0. The van der Waals surface area contributed by atoms with E-state index in [4.69, 9.17) is 0 Å². The average molecular weight is 540 g/mol. The molecule has 190 valence electrons. The van der Waals surface area contributed by atoms with Crippen LogP contribution < -0.4 is 0 Å². The average Bonchev–Trinajstić information content (AvgIpc) is 3.68. The van der Waals surface area contributed by atoms with Crippen molar-refractivity contribution in [3.63, 3.8) is 0 Å². The van der Waals surface area contributed by atoms with Crippen LogP contribution in [0.15, 0.2) is 127 Å². The first-order chi connectivity index (χ1) is 20.3. The Morgan fingerprint density at radius 2 is 1.15 bits per heavy atom. The molecule has 9 rings (SSSR count). The van der Waals surface area contributed by atoms with Crippen LogP contribution in [0.4, 0.5) is 0 Å². The minimum atomic E-state index is 0.678. The van der Waals surface area contributed by atoms with Crippen LogP contribution in [-0.4, -0.2) is 9.13 Å². The number of hydrogen-bond donors (Lipinski definition) is 0. The Labute approximate surface area is 239 Å². The Bertz CT molecular complexity index is 2550. The highest BCUT2D eigenvalue weighted by atomic mass is 32.1. The predicted octanol–water partition coefficient (Wildman–Crippen LogP) is 10.1. The van der Waals surface area contributed by atoms with Gasteiger partial charge in [-0.2, -0.15) is 5.26 Å². The number of thiophene rings is 1. The Hall–Kier alpha value is -5.37. The van der Waals surface area contributed by atoms with Crippen LogP contribution in [0.2, 0.25) is 0 Å². The molecule has 0 amide bonds. The fourth-order valence-corrected chi connectivity index (χ4v) is 7.85. The van der Waals surface area contributed by atoms with E-state index in [-0.39, 0.29) is 0 Å². The lowest BCUT2D eigenvalue weighted by molar-refractivity contribution is 1.17. The number of para-hydroxylation sites is 3. The first kappa shape index (κ1) is 22.4. The van der Waals surface area contributed by atoms with Gasteiger partial charge in [0, 0.05) is 42.7 Å². The van der Waals surface area contributed by atoms with Crippen LogP contribution in [-0.2, 0) is 0 Å². The van der Waals surface area contributed by atoms with Crippen LogP contribution >= 0.6 is 11.3 Å². The minimum absolute atomic E-state index is 0.678. The van der Waals surface area contributed by atoms with Crippen molar-refractivity contribution in [2.45, 2.75) is 0 Å². The van der Waals surface area contributed by atoms with E-state index in [0.29, 0.717) is 5.56 Å². The number of benzene rings is 6. The van der Waals surface area contributed by atoms with Gasteiger partial charge in [0.15, 0.2) is 0 Å². The zero-order chi connectivity index (χ0) is 27.1. The Kier molecular flexibility index (Phi) is 4.55. The van der Waals surface area contributed by atoms with E-state index in [2.05, 4.69) is 130 Å². The molecule has 0 N–H and O–H groups in total. The molecule has 0 radical (unpaired) electrons. The Morgan fingerprint density at radius 3 is 1.98 bits per heavy atom. The van der Waals surface area contributed by atoms with Crippen LogP contribution in [0.3, 0.4) is 0 Å². The van der Waals surface area contributed by atoms with Crippen molar-refractivity contribution >= 4 is 75.1 Å². The van der Waals surface area contributed by atoms with E-state index in [1.54, 1.807) is 0 Å². The molecule has 3 aromatic heterocycles. The van der Waals surface area contributed by atoms with Gasteiger partial charge in [-0.15, -0.1) is 11.3 Å². The molecule has 0 aliphatic rings. The van der Waals surface area contributed by atoms with Gasteiger partial charge in [0.25, 0.3) is 0 Å². The zero-order valence-corrected chi connectivity index (χ0v) is 22.7. The molecular weight excluding hydrogens is 518 g/mol. The lowest BCUT2D eigenvalue weighted by Crippen LogP contribution is -1.97. The van der Waals surface area contributed by atoms with E-state index in [0.717, 1.165) is 27.5 Å². The van der Waals surface area contributed by atoms with Crippen molar-refractivity contribution in [2.75, 3.05) is 0 Å². The van der Waals surface area contributed by atoms with E-state index in [1.165, 1.54) is 47.7 Å². The number of aromatic nitrogens is 2. The maximum Gasteiger partial charge on any atom is 0.101 e. The molecule has 0 aliphatic heterocycles. The summed E-state index contributed by atoms with van der Waals surface area (Å²) >= 11 is 1.86. The SMILES string of the molecule is N#Cc1cccc2c3ccccc3n(-c3ccc4c(c3)c3ccccc3n4-c3cccc4c3sc3ccccc34)c12. The second-order valence-electron chi connectivity index (χ2n) is 10.5. The van der Waals surface area contributed by atoms with Gasteiger partial charge in [-0.25, -0.2) is 0 Å². The zero-order valence-electron chi connectivity index (χ0n) is 21.9. The van der Waals surface area contributed by atoms with Crippen molar-refractivity contribution in [1.82, 2.24) is 9.13 Å². The normalized spacial score (nSPS) is 11.9. The highest BCUT2D eigenvalue weighted by Gasteiger charge is 2.19. The minimum Gasteiger partial charge on any atom is -0.308 e. The Morgan fingerprint density at radius 1 is 0.512 bits per heavy atom. The highest BCUT2D eigenvalue weighted by Crippen LogP contribution is 2.42. The van der Waals surface area contributed by atoms with Crippen molar-refractivity contribution in [1.29, 1.82) is 5.26 Å². The van der Waals surface area contributed by atoms with Crippen LogP contribution in [0, 0.1) is 11.3 Å². The molecule has 0 unspecified atom stereocenters. The van der Waals surface area contributed by atoms with Crippen molar-refractivity contribution < 1.29 is 0 Å². The number of nitriles is 1. The summed E-state index contributed by atoms with van der Waals surface area (Å²) in [6.45, 7) is 0. The smallest absolute Gasteiger partial charge is 0.101 e.